The molecule has 0 saturated heterocycles. The molecule has 2 N–H and O–H groups in total. The first-order chi connectivity index (χ1) is 8.16. The monoisotopic (exact) mass is 245 g/mol. The minimum absolute atomic E-state index is 0.0446. The molecule has 0 aliphatic heterocycles. The Kier molecular flexibility index (Phi) is 3.11. The van der Waals surface area contributed by atoms with E-state index in [0.29, 0.717) is 12.0 Å². The van der Waals surface area contributed by atoms with E-state index in [1.807, 2.05) is 0 Å². The van der Waals surface area contributed by atoms with Gasteiger partial charge in [-0.3, -0.25) is 0 Å². The zero-order valence-electron chi connectivity index (χ0n) is 9.99. The van der Waals surface area contributed by atoms with E-state index >= 15 is 0 Å². The Morgan fingerprint density at radius 2 is 1.88 bits per heavy atom. The Bertz CT molecular complexity index is 287. The summed E-state index contributed by atoms with van der Waals surface area (Å²) in [6.07, 6.45) is 2.38. The van der Waals surface area contributed by atoms with Gasteiger partial charge in [-0.25, -0.2) is 8.78 Å². The Labute approximate surface area is 101 Å². The summed E-state index contributed by atoms with van der Waals surface area (Å²) in [6, 6.07) is 0.382. The van der Waals surface area contributed by atoms with Crippen LogP contribution in [0.15, 0.2) is 0 Å². The van der Waals surface area contributed by atoms with Crippen molar-refractivity contribution in [3.63, 3.8) is 0 Å². The highest BCUT2D eigenvalue weighted by atomic mass is 19.3. The van der Waals surface area contributed by atoms with Crippen molar-refractivity contribution in [3.8, 4) is 0 Å². The summed E-state index contributed by atoms with van der Waals surface area (Å²) in [5.74, 6) is 3.29. The number of hydrogen-bond acceptors (Lipinski definition) is 2. The summed E-state index contributed by atoms with van der Waals surface area (Å²) in [7, 11) is 0. The molecule has 3 saturated carbocycles. The van der Waals surface area contributed by atoms with Gasteiger partial charge in [0.2, 0.25) is 0 Å². The van der Waals surface area contributed by atoms with Crippen LogP contribution in [0.25, 0.3) is 0 Å². The fourth-order valence-electron chi connectivity index (χ4n) is 4.66. The van der Waals surface area contributed by atoms with Crippen LogP contribution in [0.3, 0.4) is 0 Å². The number of nitrogens with one attached hydrogen (secondary N) is 1. The number of hydrogen-bond donors (Lipinski definition) is 2. The van der Waals surface area contributed by atoms with Crippen molar-refractivity contribution in [1.29, 1.82) is 0 Å². The van der Waals surface area contributed by atoms with Crippen molar-refractivity contribution in [2.45, 2.75) is 50.7 Å². The van der Waals surface area contributed by atoms with Crippen molar-refractivity contribution in [3.05, 3.63) is 0 Å². The molecule has 17 heavy (non-hydrogen) atoms. The average Bonchev–Trinajstić information content (AvgIpc) is 2.96. The van der Waals surface area contributed by atoms with Gasteiger partial charge in [0.15, 0.2) is 0 Å². The summed E-state index contributed by atoms with van der Waals surface area (Å²) in [4.78, 5) is 0. The third-order valence-electron chi connectivity index (χ3n) is 5.31. The molecule has 98 valence electrons. The summed E-state index contributed by atoms with van der Waals surface area (Å²) in [6.45, 7) is 0.0446. The van der Waals surface area contributed by atoms with Gasteiger partial charge in [-0.05, 0) is 49.4 Å². The summed E-state index contributed by atoms with van der Waals surface area (Å²) in [5.41, 5.74) is 0. The molecule has 0 aromatic rings. The molecule has 2 bridgehead atoms. The van der Waals surface area contributed by atoms with Crippen molar-refractivity contribution < 1.29 is 13.9 Å². The van der Waals surface area contributed by atoms with Gasteiger partial charge in [-0.1, -0.05) is 6.42 Å². The minimum Gasteiger partial charge on any atom is -0.386 e. The fourth-order valence-corrected chi connectivity index (χ4v) is 4.66. The van der Waals surface area contributed by atoms with Gasteiger partial charge >= 0.3 is 0 Å². The first-order valence-electron chi connectivity index (χ1n) is 6.86. The van der Waals surface area contributed by atoms with Gasteiger partial charge in [0.05, 0.1) is 0 Å². The van der Waals surface area contributed by atoms with E-state index in [1.54, 1.807) is 0 Å². The molecular weight excluding hydrogens is 224 g/mol. The van der Waals surface area contributed by atoms with E-state index < -0.39 is 12.5 Å². The number of fused-ring (bicyclic) bond motifs is 5. The van der Waals surface area contributed by atoms with Crippen LogP contribution in [0, 0.1) is 23.7 Å². The minimum atomic E-state index is -2.62. The van der Waals surface area contributed by atoms with Crippen LogP contribution in [-0.4, -0.2) is 30.2 Å². The highest BCUT2D eigenvalue weighted by Crippen LogP contribution is 2.58. The zero-order chi connectivity index (χ0) is 12.0. The molecule has 0 aromatic carbocycles. The lowest BCUT2D eigenvalue weighted by atomic mass is 9.79. The quantitative estimate of drug-likeness (QED) is 0.794. The average molecular weight is 245 g/mol. The third kappa shape index (κ3) is 1.99. The van der Waals surface area contributed by atoms with E-state index in [4.69, 9.17) is 5.11 Å². The molecule has 0 heterocycles. The molecule has 3 aliphatic carbocycles. The number of halogens is 2. The van der Waals surface area contributed by atoms with E-state index in [9.17, 15) is 8.78 Å². The second-order valence-corrected chi connectivity index (χ2v) is 6.07. The maximum Gasteiger partial charge on any atom is 0.265 e. The smallest absolute Gasteiger partial charge is 0.265 e. The van der Waals surface area contributed by atoms with Crippen molar-refractivity contribution in [2.75, 3.05) is 6.54 Å². The standard InChI is InChI=1S/C13H21F2NO/c14-13(15)12(17)6-16-11-5-7-4-10(11)9-3-1-2-8(7)9/h7-13,16-17H,1-6H2. The number of alkyl halides is 2. The lowest BCUT2D eigenvalue weighted by Crippen LogP contribution is -2.44. The molecule has 6 atom stereocenters. The molecule has 0 spiro atoms. The van der Waals surface area contributed by atoms with Gasteiger partial charge in [0, 0.05) is 12.6 Å². The highest BCUT2D eigenvalue weighted by Gasteiger charge is 2.53. The van der Waals surface area contributed by atoms with E-state index in [1.165, 1.54) is 25.7 Å². The van der Waals surface area contributed by atoms with Crippen molar-refractivity contribution in [1.82, 2.24) is 5.32 Å². The summed E-state index contributed by atoms with van der Waals surface area (Å²) < 4.78 is 24.4. The molecule has 3 rings (SSSR count). The summed E-state index contributed by atoms with van der Waals surface area (Å²) >= 11 is 0. The first-order valence-corrected chi connectivity index (χ1v) is 6.86. The summed E-state index contributed by atoms with van der Waals surface area (Å²) in [5, 5.41) is 12.3. The van der Waals surface area contributed by atoms with Crippen LogP contribution >= 0.6 is 0 Å². The van der Waals surface area contributed by atoms with Crippen molar-refractivity contribution in [2.24, 2.45) is 23.7 Å². The molecular formula is C13H21F2NO. The SMILES string of the molecule is OC(CNC1CC2CC1C1CCCC21)C(F)F. The largest absolute Gasteiger partial charge is 0.386 e. The predicted molar refractivity (Wildman–Crippen MR) is 60.8 cm³/mol. The Morgan fingerprint density at radius 3 is 2.65 bits per heavy atom. The molecule has 0 amide bonds. The topological polar surface area (TPSA) is 32.3 Å². The maximum absolute atomic E-state index is 12.2. The van der Waals surface area contributed by atoms with Crippen LogP contribution in [0.5, 0.6) is 0 Å². The lowest BCUT2D eigenvalue weighted by Gasteiger charge is -2.32. The lowest BCUT2D eigenvalue weighted by molar-refractivity contribution is -0.00635. The molecule has 0 aromatic heterocycles. The zero-order valence-corrected chi connectivity index (χ0v) is 9.99. The normalized spacial score (nSPS) is 45.5. The van der Waals surface area contributed by atoms with Gasteiger partial charge in [0.25, 0.3) is 6.43 Å². The molecule has 3 fully saturated rings. The molecule has 0 radical (unpaired) electrons. The van der Waals surface area contributed by atoms with Crippen molar-refractivity contribution >= 4 is 0 Å². The van der Waals surface area contributed by atoms with Crippen LogP contribution in [0.2, 0.25) is 0 Å². The third-order valence-corrected chi connectivity index (χ3v) is 5.31. The Balaban J connectivity index is 1.54. The van der Waals surface area contributed by atoms with Crippen LogP contribution < -0.4 is 5.32 Å². The second kappa shape index (κ2) is 4.47. The highest BCUT2D eigenvalue weighted by molar-refractivity contribution is 5.05. The van der Waals surface area contributed by atoms with E-state index in [-0.39, 0.29) is 6.54 Å². The van der Waals surface area contributed by atoms with Crippen LogP contribution in [0.4, 0.5) is 8.78 Å². The fraction of sp³-hybridized carbons (Fsp3) is 1.00. The number of rotatable bonds is 4. The van der Waals surface area contributed by atoms with E-state index in [2.05, 4.69) is 5.32 Å². The molecule has 2 nitrogen and oxygen atoms in total. The Morgan fingerprint density at radius 1 is 1.12 bits per heavy atom. The maximum atomic E-state index is 12.2. The first kappa shape index (κ1) is 11.8. The molecule has 3 aliphatic rings. The predicted octanol–water partition coefficient (Wildman–Crippen LogP) is 2.03. The van der Waals surface area contributed by atoms with Gasteiger partial charge in [-0.15, -0.1) is 0 Å². The van der Waals surface area contributed by atoms with Gasteiger partial charge in [-0.2, -0.15) is 0 Å². The molecule has 6 unspecified atom stereocenters. The van der Waals surface area contributed by atoms with Gasteiger partial charge < -0.3 is 10.4 Å². The number of aliphatic hydroxyl groups is 1. The van der Waals surface area contributed by atoms with Crippen LogP contribution in [-0.2, 0) is 0 Å². The molecule has 4 heteroatoms. The van der Waals surface area contributed by atoms with E-state index in [0.717, 1.165) is 24.2 Å². The van der Waals surface area contributed by atoms with Gasteiger partial charge in [0.1, 0.15) is 6.10 Å². The Hall–Kier alpha value is -0.220. The number of aliphatic hydroxyl groups excluding tert-OH is 1. The second-order valence-electron chi connectivity index (χ2n) is 6.07. The van der Waals surface area contributed by atoms with Crippen LogP contribution in [0.1, 0.15) is 32.1 Å².